The summed E-state index contributed by atoms with van der Waals surface area (Å²) in [6.45, 7) is 7.80. The molecule has 0 unspecified atom stereocenters. The van der Waals surface area contributed by atoms with Crippen LogP contribution in [0.25, 0.3) is 0 Å². The number of aliphatic carboxylic acids is 1. The second-order valence-corrected chi connectivity index (χ2v) is 15.2. The zero-order valence-corrected chi connectivity index (χ0v) is 31.4. The van der Waals surface area contributed by atoms with Crippen LogP contribution in [0.3, 0.4) is 0 Å². The van der Waals surface area contributed by atoms with Gasteiger partial charge in [-0.2, -0.15) is 0 Å². The van der Waals surface area contributed by atoms with Crippen LogP contribution in [0, 0.1) is 11.8 Å². The molecule has 13 nitrogen and oxygen atoms in total. The number of carbonyl (C=O) groups is 5. The molecule has 0 radical (unpaired) electrons. The predicted molar refractivity (Wildman–Crippen MR) is 192 cm³/mol. The Labute approximate surface area is 304 Å². The fraction of sp³-hybridized carbons (Fsp3) is 0.622. The van der Waals surface area contributed by atoms with Gasteiger partial charge in [0.05, 0.1) is 25.2 Å². The number of amides is 3. The van der Waals surface area contributed by atoms with Crippen molar-refractivity contribution in [3.8, 4) is 0 Å². The summed E-state index contributed by atoms with van der Waals surface area (Å²) in [5.41, 5.74) is 0.0277. The first-order valence-corrected chi connectivity index (χ1v) is 18.7. The maximum atomic E-state index is 14.1. The van der Waals surface area contributed by atoms with Crippen LogP contribution in [-0.2, 0) is 35.1 Å². The minimum absolute atomic E-state index is 0.0685. The molecule has 1 aromatic heterocycles. The van der Waals surface area contributed by atoms with Crippen LogP contribution in [0.5, 0.6) is 0 Å². The summed E-state index contributed by atoms with van der Waals surface area (Å²) in [5.74, 6) is -3.12. The molecule has 2 aliphatic heterocycles. The minimum Gasteiger partial charge on any atom is -0.481 e. The van der Waals surface area contributed by atoms with E-state index < -0.39 is 47.5 Å². The number of nitrogens with zero attached hydrogens (tertiary/aromatic N) is 3. The molecule has 3 amide bonds. The van der Waals surface area contributed by atoms with Gasteiger partial charge in [0.2, 0.25) is 5.91 Å². The molecule has 5 atom stereocenters. The molecule has 3 heterocycles. The number of likely N-dealkylation sites (tertiary alicyclic amines) is 1. The maximum absolute atomic E-state index is 14.1. The molecule has 2 aliphatic rings. The van der Waals surface area contributed by atoms with Gasteiger partial charge in [0.1, 0.15) is 10.7 Å². The molecule has 4 rings (SSSR count). The number of piperidine rings is 1. The molecule has 1 aromatic carbocycles. The summed E-state index contributed by atoms with van der Waals surface area (Å²) in [5, 5.41) is 17.5. The molecule has 0 spiro atoms. The topological polar surface area (TPSA) is 167 Å². The summed E-state index contributed by atoms with van der Waals surface area (Å²) in [6.07, 6.45) is 3.52. The Bertz CT molecular complexity index is 1510. The summed E-state index contributed by atoms with van der Waals surface area (Å²) >= 11 is 1.18. The predicted octanol–water partition coefficient (Wildman–Crippen LogP) is 3.83. The number of esters is 1. The minimum atomic E-state index is -1.18. The molecule has 2 saturated heterocycles. The highest BCUT2D eigenvalue weighted by Gasteiger charge is 2.51. The zero-order valence-electron chi connectivity index (χ0n) is 30.6. The lowest BCUT2D eigenvalue weighted by atomic mass is 9.90. The van der Waals surface area contributed by atoms with Crippen molar-refractivity contribution >= 4 is 41.0 Å². The van der Waals surface area contributed by atoms with E-state index in [0.29, 0.717) is 17.8 Å². The molecule has 280 valence electrons. The van der Waals surface area contributed by atoms with Crippen molar-refractivity contribution in [2.24, 2.45) is 11.8 Å². The molecule has 0 bridgehead atoms. The van der Waals surface area contributed by atoms with Crippen LogP contribution in [0.4, 0.5) is 0 Å². The van der Waals surface area contributed by atoms with Gasteiger partial charge in [0.15, 0.2) is 11.6 Å². The normalized spacial score (nSPS) is 19.5. The molecular weight excluding hydrogens is 675 g/mol. The quantitative estimate of drug-likeness (QED) is 0.204. The highest BCUT2D eigenvalue weighted by atomic mass is 32.1. The molecule has 2 aromatic rings. The van der Waals surface area contributed by atoms with Crippen LogP contribution >= 0.6 is 11.3 Å². The highest BCUT2D eigenvalue weighted by Crippen LogP contribution is 2.32. The number of hydrogen-bond acceptors (Lipinski definition) is 10. The molecule has 51 heavy (non-hydrogen) atoms. The van der Waals surface area contributed by atoms with Gasteiger partial charge in [-0.25, -0.2) is 4.98 Å². The van der Waals surface area contributed by atoms with E-state index in [1.54, 1.807) is 24.3 Å². The van der Waals surface area contributed by atoms with Gasteiger partial charge >= 0.3 is 11.9 Å². The van der Waals surface area contributed by atoms with Crippen molar-refractivity contribution in [3.05, 3.63) is 52.0 Å². The van der Waals surface area contributed by atoms with Crippen molar-refractivity contribution in [2.45, 2.75) is 102 Å². The number of carboxylic acids is 1. The summed E-state index contributed by atoms with van der Waals surface area (Å²) in [6, 6.07) is 8.64. The Morgan fingerprint density at radius 3 is 2.41 bits per heavy atom. The Hall–Kier alpha value is -3.88. The van der Waals surface area contributed by atoms with E-state index in [1.165, 1.54) is 18.3 Å². The Morgan fingerprint density at radius 1 is 1.12 bits per heavy atom. The van der Waals surface area contributed by atoms with E-state index in [4.69, 9.17) is 9.47 Å². The van der Waals surface area contributed by atoms with Crippen molar-refractivity contribution < 1.29 is 38.6 Å². The number of ether oxygens (including phenoxy) is 2. The second kappa shape index (κ2) is 18.1. The molecule has 2 fully saturated rings. The van der Waals surface area contributed by atoms with Gasteiger partial charge in [-0.1, -0.05) is 57.5 Å². The Balaban J connectivity index is 1.48. The average Bonchev–Trinajstić information content (AvgIpc) is 3.57. The molecular formula is C37H53N5O8S. The summed E-state index contributed by atoms with van der Waals surface area (Å²) in [7, 11) is 3.61. The fourth-order valence-electron chi connectivity index (χ4n) is 6.83. The van der Waals surface area contributed by atoms with Crippen molar-refractivity contribution in [2.75, 3.05) is 33.9 Å². The number of benzene rings is 1. The van der Waals surface area contributed by atoms with Crippen LogP contribution in [0.15, 0.2) is 35.7 Å². The number of nitrogens with one attached hydrogen (secondary N) is 2. The highest BCUT2D eigenvalue weighted by molar-refractivity contribution is 7.09. The van der Waals surface area contributed by atoms with E-state index in [1.807, 2.05) is 56.1 Å². The first kappa shape index (κ1) is 39.9. The van der Waals surface area contributed by atoms with Crippen LogP contribution in [0.2, 0.25) is 0 Å². The number of carbonyl (C=O) groups excluding carboxylic acids is 4. The van der Waals surface area contributed by atoms with Crippen LogP contribution in [-0.4, -0.2) is 107 Å². The Kier molecular flexibility index (Phi) is 14.1. The van der Waals surface area contributed by atoms with Crippen molar-refractivity contribution in [1.29, 1.82) is 0 Å². The van der Waals surface area contributed by atoms with Gasteiger partial charge in [-0.15, -0.1) is 11.3 Å². The number of aromatic nitrogens is 1. The number of carboxylic acid groups (broad SMARTS) is 1. The first-order valence-electron chi connectivity index (χ1n) is 17.8. The molecule has 3 N–H and O–H groups in total. The second-order valence-electron chi connectivity index (χ2n) is 14.4. The zero-order chi connectivity index (χ0) is 37.3. The van der Waals surface area contributed by atoms with Gasteiger partial charge in [0, 0.05) is 37.9 Å². The van der Waals surface area contributed by atoms with Crippen molar-refractivity contribution in [1.82, 2.24) is 25.4 Å². The fourth-order valence-corrected chi connectivity index (χ4v) is 7.67. The van der Waals surface area contributed by atoms with Gasteiger partial charge in [-0.3, -0.25) is 28.9 Å². The van der Waals surface area contributed by atoms with Crippen LogP contribution in [0.1, 0.15) is 93.4 Å². The van der Waals surface area contributed by atoms with E-state index in [9.17, 15) is 29.1 Å². The monoisotopic (exact) mass is 727 g/mol. The number of likely N-dealkylation sites (N-methyl/N-ethyl adjacent to an activating group) is 2. The summed E-state index contributed by atoms with van der Waals surface area (Å²) < 4.78 is 11.2. The number of thiazole rings is 1. The third-order valence-corrected chi connectivity index (χ3v) is 10.9. The van der Waals surface area contributed by atoms with Crippen LogP contribution < -0.4 is 10.6 Å². The van der Waals surface area contributed by atoms with Gasteiger partial charge in [-0.05, 0) is 57.2 Å². The van der Waals surface area contributed by atoms with E-state index in [0.717, 1.165) is 31.4 Å². The van der Waals surface area contributed by atoms with Gasteiger partial charge in [0.25, 0.3) is 11.8 Å². The lowest BCUT2D eigenvalue weighted by Crippen LogP contribution is -2.72. The number of aryl methyl sites for hydroxylation is 1. The average molecular weight is 728 g/mol. The van der Waals surface area contributed by atoms with E-state index in [2.05, 4.69) is 15.6 Å². The standard InChI is InChI=1S/C37H53N5O8S/c1-23(2)30(42(6)36(48)37(21-49-22-37)40-33(45)29-14-10-11-17-41(29)5)19-31(50-25(4)43)34-39-28(20-51-34)32(44)38-27(18-24(3)35(46)47)16-15-26-12-8-7-9-13-26/h7-9,12-13,20,23-24,27,29-31H,10-11,14-19,21-22H2,1-6H3,(H,38,44)(H,40,45)(H,46,47)/t24-,27-,29+,30+,31+/m0/s1. The molecule has 0 aliphatic carbocycles. The molecule has 14 heteroatoms. The van der Waals surface area contributed by atoms with Gasteiger partial charge < -0.3 is 30.1 Å². The number of hydrogen-bond donors (Lipinski definition) is 3. The summed E-state index contributed by atoms with van der Waals surface area (Å²) in [4.78, 5) is 73.0. The largest absolute Gasteiger partial charge is 0.481 e. The maximum Gasteiger partial charge on any atom is 0.306 e. The van der Waals surface area contributed by atoms with E-state index in [-0.39, 0.29) is 55.5 Å². The first-order chi connectivity index (χ1) is 24.2. The molecule has 0 saturated carbocycles. The SMILES string of the molecule is CC(=O)O[C@H](C[C@H](C(C)C)N(C)C(=O)C1(NC(=O)[C@H]2CCCCN2C)COC1)c1nc(C(=O)N[C@@H](CCc2ccccc2)C[C@H](C)C(=O)O)cs1. The number of rotatable bonds is 17. The third-order valence-electron chi connectivity index (χ3n) is 9.94. The Morgan fingerprint density at radius 2 is 1.82 bits per heavy atom. The smallest absolute Gasteiger partial charge is 0.306 e. The third kappa shape index (κ3) is 10.6. The van der Waals surface area contributed by atoms with Crippen molar-refractivity contribution in [3.63, 3.8) is 0 Å². The van der Waals surface area contributed by atoms with E-state index >= 15 is 0 Å². The lowest BCUT2D eigenvalue weighted by molar-refractivity contribution is -0.166. The lowest BCUT2D eigenvalue weighted by Gasteiger charge is -2.46.